The zero-order valence-corrected chi connectivity index (χ0v) is 46.7. The summed E-state index contributed by atoms with van der Waals surface area (Å²) in [4.78, 5) is 38.2. The molecule has 0 aromatic rings. The van der Waals surface area contributed by atoms with Gasteiger partial charge >= 0.3 is 17.9 Å². The molecular weight excluding hydrogens is 877 g/mol. The zero-order chi connectivity index (χ0) is 51.4. The summed E-state index contributed by atoms with van der Waals surface area (Å²) < 4.78 is 16.9. The normalized spacial score (nSPS) is 12.7. The van der Waals surface area contributed by atoms with Crippen LogP contribution in [0.1, 0.15) is 290 Å². The fraction of sp³-hybridized carbons (Fsp3) is 0.738. The van der Waals surface area contributed by atoms with Gasteiger partial charge in [-0.05, 0) is 64.2 Å². The molecule has 0 aliphatic heterocycles. The van der Waals surface area contributed by atoms with Crippen LogP contribution in [0.4, 0.5) is 0 Å². The number of rotatable bonds is 54. The molecule has 0 rings (SSSR count). The molecule has 0 fully saturated rings. The number of hydrogen-bond acceptors (Lipinski definition) is 6. The van der Waals surface area contributed by atoms with Crippen molar-refractivity contribution < 1.29 is 28.6 Å². The average molecular weight is 990 g/mol. The highest BCUT2D eigenvalue weighted by Crippen LogP contribution is 2.17. The van der Waals surface area contributed by atoms with Crippen LogP contribution >= 0.6 is 0 Å². The lowest BCUT2D eigenvalue weighted by Gasteiger charge is -2.18. The molecule has 1 atom stereocenters. The Morgan fingerprint density at radius 2 is 0.549 bits per heavy atom. The van der Waals surface area contributed by atoms with E-state index in [9.17, 15) is 14.4 Å². The predicted octanol–water partition coefficient (Wildman–Crippen LogP) is 20.3. The molecule has 0 spiro atoms. The Hall–Kier alpha value is -3.41. The molecule has 6 heteroatoms. The van der Waals surface area contributed by atoms with Gasteiger partial charge in [0.15, 0.2) is 6.10 Å². The smallest absolute Gasteiger partial charge is 0.306 e. The summed E-state index contributed by atoms with van der Waals surface area (Å²) >= 11 is 0. The van der Waals surface area contributed by atoms with Crippen molar-refractivity contribution in [3.63, 3.8) is 0 Å². The van der Waals surface area contributed by atoms with Crippen LogP contribution in [-0.4, -0.2) is 37.2 Å². The minimum atomic E-state index is -0.795. The third-order valence-corrected chi connectivity index (χ3v) is 13.0. The number of unbranched alkanes of at least 4 members (excludes halogenated alkanes) is 34. The number of ether oxygens (including phenoxy) is 3. The lowest BCUT2D eigenvalue weighted by atomic mass is 10.0. The van der Waals surface area contributed by atoms with E-state index in [-0.39, 0.29) is 31.1 Å². The molecule has 1 unspecified atom stereocenters. The van der Waals surface area contributed by atoms with Crippen molar-refractivity contribution >= 4 is 17.9 Å². The first-order valence-corrected chi connectivity index (χ1v) is 30.2. The molecule has 71 heavy (non-hydrogen) atoms. The number of hydrogen-bond donors (Lipinski definition) is 0. The minimum absolute atomic E-state index is 0.0902. The second-order valence-corrected chi connectivity index (χ2v) is 20.0. The molecule has 0 aromatic heterocycles. The third-order valence-electron chi connectivity index (χ3n) is 13.0. The van der Waals surface area contributed by atoms with E-state index in [1.54, 1.807) is 0 Å². The van der Waals surface area contributed by atoms with E-state index in [4.69, 9.17) is 14.2 Å². The summed E-state index contributed by atoms with van der Waals surface area (Å²) in [7, 11) is 0. The van der Waals surface area contributed by atoms with E-state index < -0.39 is 6.10 Å². The number of esters is 3. The number of allylic oxidation sites excluding steroid dienone is 14. The quantitative estimate of drug-likeness (QED) is 0.0261. The Kier molecular flexibility index (Phi) is 56.3. The molecule has 0 aliphatic rings. The molecular formula is C65H112O6. The summed E-state index contributed by atoms with van der Waals surface area (Å²) in [6, 6.07) is 0. The van der Waals surface area contributed by atoms with Gasteiger partial charge in [-0.2, -0.15) is 0 Å². The molecule has 0 aromatic carbocycles. The van der Waals surface area contributed by atoms with E-state index in [1.807, 2.05) is 42.5 Å². The van der Waals surface area contributed by atoms with Crippen molar-refractivity contribution in [1.29, 1.82) is 0 Å². The highest BCUT2D eigenvalue weighted by Gasteiger charge is 2.19. The van der Waals surface area contributed by atoms with Gasteiger partial charge in [-0.1, -0.05) is 292 Å². The van der Waals surface area contributed by atoms with E-state index in [0.717, 1.165) is 70.6 Å². The van der Waals surface area contributed by atoms with Crippen LogP contribution < -0.4 is 0 Å². The molecule has 0 N–H and O–H groups in total. The highest BCUT2D eigenvalue weighted by atomic mass is 16.6. The zero-order valence-electron chi connectivity index (χ0n) is 46.7. The summed E-state index contributed by atoms with van der Waals surface area (Å²) in [5.41, 5.74) is 0. The molecule has 408 valence electrons. The summed E-state index contributed by atoms with van der Waals surface area (Å²) in [5.74, 6) is -0.925. The topological polar surface area (TPSA) is 78.9 Å². The molecule has 0 saturated carbocycles. The molecule has 0 bridgehead atoms. The fourth-order valence-corrected chi connectivity index (χ4v) is 8.52. The third kappa shape index (κ3) is 57.4. The molecule has 0 amide bonds. The molecule has 6 nitrogen and oxygen atoms in total. The molecule has 0 radical (unpaired) electrons. The fourth-order valence-electron chi connectivity index (χ4n) is 8.52. The summed E-state index contributed by atoms with van der Waals surface area (Å²) in [6.45, 7) is 6.46. The monoisotopic (exact) mass is 989 g/mol. The molecule has 0 saturated heterocycles. The van der Waals surface area contributed by atoms with E-state index >= 15 is 0 Å². The Morgan fingerprint density at radius 1 is 0.296 bits per heavy atom. The summed E-state index contributed by atoms with van der Waals surface area (Å²) in [5, 5.41) is 0. The van der Waals surface area contributed by atoms with Crippen molar-refractivity contribution in [2.75, 3.05) is 13.2 Å². The van der Waals surface area contributed by atoms with Crippen LogP contribution in [-0.2, 0) is 28.6 Å². The molecule has 0 aliphatic carbocycles. The first-order valence-electron chi connectivity index (χ1n) is 30.2. The molecule has 0 heterocycles. The van der Waals surface area contributed by atoms with Gasteiger partial charge < -0.3 is 14.2 Å². The van der Waals surface area contributed by atoms with Gasteiger partial charge in [0.25, 0.3) is 0 Å². The van der Waals surface area contributed by atoms with E-state index in [2.05, 4.69) is 63.3 Å². The van der Waals surface area contributed by atoms with Gasteiger partial charge in [0, 0.05) is 19.3 Å². The van der Waals surface area contributed by atoms with Gasteiger partial charge in [0.2, 0.25) is 0 Å². The second-order valence-electron chi connectivity index (χ2n) is 20.0. The summed E-state index contributed by atoms with van der Waals surface area (Å²) in [6.07, 6.45) is 77.2. The van der Waals surface area contributed by atoms with Crippen LogP contribution in [0.25, 0.3) is 0 Å². The predicted molar refractivity (Wildman–Crippen MR) is 307 cm³/mol. The first kappa shape index (κ1) is 67.6. The Bertz CT molecular complexity index is 1370. The second kappa shape index (κ2) is 59.2. The van der Waals surface area contributed by atoms with Crippen molar-refractivity contribution in [3.05, 3.63) is 85.1 Å². The van der Waals surface area contributed by atoms with Crippen molar-refractivity contribution in [2.45, 2.75) is 297 Å². The van der Waals surface area contributed by atoms with Gasteiger partial charge in [-0.15, -0.1) is 0 Å². The van der Waals surface area contributed by atoms with Crippen molar-refractivity contribution in [1.82, 2.24) is 0 Å². The number of carbonyl (C=O) groups excluding carboxylic acids is 3. The van der Waals surface area contributed by atoms with Gasteiger partial charge in [-0.25, -0.2) is 0 Å². The lowest BCUT2D eigenvalue weighted by Crippen LogP contribution is -2.30. The maximum atomic E-state index is 12.9. The van der Waals surface area contributed by atoms with Crippen LogP contribution in [0.2, 0.25) is 0 Å². The van der Waals surface area contributed by atoms with Crippen molar-refractivity contribution in [2.24, 2.45) is 0 Å². The Labute approximate surface area is 439 Å². The van der Waals surface area contributed by atoms with Gasteiger partial charge in [0.05, 0.1) is 0 Å². The SMILES string of the molecule is CC\C=C/C=C\C=C/C=C\C=C/CCCCCC(=O)OCC(COC(=O)CCCCCCCCCCCC/C=C\C=C/CCCCC)OC(=O)CCCCCCCCCCCCCCCCCCCCC. The minimum Gasteiger partial charge on any atom is -0.462 e. The van der Waals surface area contributed by atoms with E-state index in [1.165, 1.54) is 180 Å². The van der Waals surface area contributed by atoms with Crippen LogP contribution in [0.15, 0.2) is 85.1 Å². The van der Waals surface area contributed by atoms with Crippen LogP contribution in [0.5, 0.6) is 0 Å². The van der Waals surface area contributed by atoms with E-state index in [0.29, 0.717) is 19.3 Å². The standard InChI is InChI=1S/C65H112O6/c1-4-7-10-13-16-19-22-25-28-30-32-34-37-40-43-46-49-52-55-58-64(67)70-61-62(60-69-63(66)57-54-51-48-45-42-39-36-27-24-21-18-15-12-9-6-3)71-65(68)59-56-53-50-47-44-41-38-35-33-31-29-26-23-20-17-14-11-8-5-2/h9,12,15-16,18-19,21-22,24-25,27,36,39,42,62H,4-8,10-11,13-14,17,20,23,26,28-35,37-38,40-41,43-61H2,1-3H3/b12-9-,18-15-,19-16-,24-21-,25-22-,36-27-,42-39-. The van der Waals surface area contributed by atoms with Gasteiger partial charge in [0.1, 0.15) is 13.2 Å². The maximum Gasteiger partial charge on any atom is 0.306 e. The lowest BCUT2D eigenvalue weighted by molar-refractivity contribution is -0.167. The Balaban J connectivity index is 4.41. The first-order chi connectivity index (χ1) is 35.0. The maximum absolute atomic E-state index is 12.9. The van der Waals surface area contributed by atoms with Gasteiger partial charge in [-0.3, -0.25) is 14.4 Å². The number of carbonyl (C=O) groups is 3. The largest absolute Gasteiger partial charge is 0.462 e. The van der Waals surface area contributed by atoms with Crippen LogP contribution in [0.3, 0.4) is 0 Å². The highest BCUT2D eigenvalue weighted by molar-refractivity contribution is 5.71. The Morgan fingerprint density at radius 3 is 0.915 bits per heavy atom. The van der Waals surface area contributed by atoms with Crippen molar-refractivity contribution in [3.8, 4) is 0 Å². The average Bonchev–Trinajstić information content (AvgIpc) is 3.37. The van der Waals surface area contributed by atoms with Crippen LogP contribution in [0, 0.1) is 0 Å².